The topological polar surface area (TPSA) is 80.0 Å². The zero-order valence-corrected chi connectivity index (χ0v) is 16.5. The van der Waals surface area contributed by atoms with Crippen LogP contribution in [0.5, 0.6) is 0 Å². The summed E-state index contributed by atoms with van der Waals surface area (Å²) >= 11 is 0. The Morgan fingerprint density at radius 2 is 2.07 bits per heavy atom. The Morgan fingerprint density at radius 1 is 1.32 bits per heavy atom. The van der Waals surface area contributed by atoms with Crippen LogP contribution < -0.4 is 10.6 Å². The van der Waals surface area contributed by atoms with E-state index >= 15 is 0 Å². The van der Waals surface area contributed by atoms with Gasteiger partial charge in [-0.25, -0.2) is 9.37 Å². The van der Waals surface area contributed by atoms with E-state index in [0.29, 0.717) is 33.6 Å². The van der Waals surface area contributed by atoms with Crippen LogP contribution in [0, 0.1) is 12.7 Å². The van der Waals surface area contributed by atoms with Gasteiger partial charge < -0.3 is 15.2 Å². The molecule has 8 heteroatoms. The first-order chi connectivity index (χ1) is 13.0. The second kappa shape index (κ2) is 8.24. The van der Waals surface area contributed by atoms with Crippen LogP contribution in [-0.4, -0.2) is 34.7 Å². The average Bonchev–Trinajstić information content (AvgIpc) is 3.04. The van der Waals surface area contributed by atoms with Crippen LogP contribution in [0.25, 0.3) is 22.4 Å². The third-order valence-electron chi connectivity index (χ3n) is 5.08. The Morgan fingerprint density at radius 3 is 2.79 bits per heavy atom. The summed E-state index contributed by atoms with van der Waals surface area (Å²) in [5.41, 5.74) is 2.63. The van der Waals surface area contributed by atoms with Gasteiger partial charge in [0.2, 0.25) is 0 Å². The van der Waals surface area contributed by atoms with Crippen LogP contribution in [0.2, 0.25) is 0 Å². The van der Waals surface area contributed by atoms with Crippen LogP contribution in [0.3, 0.4) is 0 Å². The molecular weight excluding hydrogens is 383 g/mol. The number of fused-ring (bicyclic) bond motifs is 1. The van der Waals surface area contributed by atoms with E-state index in [1.54, 1.807) is 25.1 Å². The fourth-order valence-corrected chi connectivity index (χ4v) is 3.53. The predicted octanol–water partition coefficient (Wildman–Crippen LogP) is 3.63. The molecule has 1 fully saturated rings. The number of carbonyl (C=O) groups is 1. The molecule has 1 amide bonds. The van der Waals surface area contributed by atoms with E-state index in [9.17, 15) is 9.18 Å². The molecule has 28 heavy (non-hydrogen) atoms. The van der Waals surface area contributed by atoms with Crippen molar-refractivity contribution in [1.29, 1.82) is 0 Å². The molecule has 2 aromatic heterocycles. The highest BCUT2D eigenvalue weighted by Gasteiger charge is 2.25. The normalized spacial score (nSPS) is 19.2. The van der Waals surface area contributed by atoms with E-state index in [2.05, 4.69) is 27.7 Å². The van der Waals surface area contributed by atoms with Gasteiger partial charge in [0.05, 0.1) is 22.3 Å². The van der Waals surface area contributed by atoms with Gasteiger partial charge in [0.1, 0.15) is 5.82 Å². The molecule has 0 saturated carbocycles. The van der Waals surface area contributed by atoms with Crippen LogP contribution in [0.4, 0.5) is 4.39 Å². The van der Waals surface area contributed by atoms with E-state index in [4.69, 9.17) is 4.52 Å². The predicted molar refractivity (Wildman–Crippen MR) is 107 cm³/mol. The lowest BCUT2D eigenvalue weighted by molar-refractivity contribution is 0.0921. The number of aryl methyl sites for hydroxylation is 1. The average molecular weight is 405 g/mol. The summed E-state index contributed by atoms with van der Waals surface area (Å²) in [5, 5.41) is 11.1. The SMILES string of the molecule is Cc1noc2nc(-c3ccc(F)cc3)cc(C(=O)NC3CCCNC3C)c12.Cl. The van der Waals surface area contributed by atoms with E-state index in [-0.39, 0.29) is 36.2 Å². The lowest BCUT2D eigenvalue weighted by atomic mass is 9.98. The van der Waals surface area contributed by atoms with Crippen molar-refractivity contribution in [2.24, 2.45) is 0 Å². The molecule has 0 aliphatic carbocycles. The van der Waals surface area contributed by atoms with Crippen LogP contribution >= 0.6 is 12.4 Å². The van der Waals surface area contributed by atoms with Crippen molar-refractivity contribution < 1.29 is 13.7 Å². The Labute approximate surface area is 168 Å². The molecule has 2 atom stereocenters. The van der Waals surface area contributed by atoms with Crippen molar-refractivity contribution >= 4 is 29.4 Å². The molecule has 0 bridgehead atoms. The molecule has 3 heterocycles. The Hall–Kier alpha value is -2.51. The number of aromatic nitrogens is 2. The van der Waals surface area contributed by atoms with Gasteiger partial charge in [-0.2, -0.15) is 0 Å². The fraction of sp³-hybridized carbons (Fsp3) is 0.350. The smallest absolute Gasteiger partial charge is 0.259 e. The zero-order valence-electron chi connectivity index (χ0n) is 15.7. The number of rotatable bonds is 3. The number of hydrogen-bond acceptors (Lipinski definition) is 5. The number of benzene rings is 1. The number of amides is 1. The summed E-state index contributed by atoms with van der Waals surface area (Å²) in [5.74, 6) is -0.510. The van der Waals surface area contributed by atoms with Gasteiger partial charge in [0.25, 0.3) is 11.6 Å². The minimum absolute atomic E-state index is 0. The van der Waals surface area contributed by atoms with Gasteiger partial charge in [-0.05, 0) is 63.6 Å². The maximum atomic E-state index is 13.2. The Bertz CT molecular complexity index is 990. The molecule has 148 valence electrons. The molecule has 0 spiro atoms. The van der Waals surface area contributed by atoms with Gasteiger partial charge in [-0.1, -0.05) is 5.16 Å². The minimum Gasteiger partial charge on any atom is -0.348 e. The van der Waals surface area contributed by atoms with Crippen molar-refractivity contribution in [3.63, 3.8) is 0 Å². The van der Waals surface area contributed by atoms with Crippen molar-refractivity contribution in [2.45, 2.75) is 38.8 Å². The fourth-order valence-electron chi connectivity index (χ4n) is 3.53. The lowest BCUT2D eigenvalue weighted by Gasteiger charge is -2.30. The number of carbonyl (C=O) groups excluding carboxylic acids is 1. The molecule has 1 saturated heterocycles. The van der Waals surface area contributed by atoms with Crippen LogP contribution in [-0.2, 0) is 0 Å². The van der Waals surface area contributed by atoms with Crippen LogP contribution in [0.1, 0.15) is 35.8 Å². The number of nitrogens with zero attached hydrogens (tertiary/aromatic N) is 2. The van der Waals surface area contributed by atoms with Gasteiger partial charge in [0, 0.05) is 17.6 Å². The molecule has 2 unspecified atom stereocenters. The maximum absolute atomic E-state index is 13.2. The van der Waals surface area contributed by atoms with E-state index in [1.807, 2.05) is 0 Å². The molecule has 3 aromatic rings. The summed E-state index contributed by atoms with van der Waals surface area (Å²) in [4.78, 5) is 17.5. The zero-order chi connectivity index (χ0) is 19.0. The van der Waals surface area contributed by atoms with Crippen molar-refractivity contribution in [3.05, 3.63) is 47.4 Å². The molecule has 1 aliphatic rings. The lowest BCUT2D eigenvalue weighted by Crippen LogP contribution is -2.51. The van der Waals surface area contributed by atoms with E-state index in [1.165, 1.54) is 12.1 Å². The summed E-state index contributed by atoms with van der Waals surface area (Å²) < 4.78 is 18.6. The van der Waals surface area contributed by atoms with Crippen LogP contribution in [0.15, 0.2) is 34.9 Å². The molecule has 0 radical (unpaired) electrons. The van der Waals surface area contributed by atoms with Gasteiger partial charge >= 0.3 is 0 Å². The van der Waals surface area contributed by atoms with E-state index < -0.39 is 0 Å². The summed E-state index contributed by atoms with van der Waals surface area (Å²) in [7, 11) is 0. The molecular formula is C20H22ClFN4O2. The first-order valence-corrected chi connectivity index (χ1v) is 9.10. The quantitative estimate of drug-likeness (QED) is 0.696. The van der Waals surface area contributed by atoms with Gasteiger partial charge in [-0.3, -0.25) is 4.79 Å². The minimum atomic E-state index is -0.327. The summed E-state index contributed by atoms with van der Waals surface area (Å²) in [6, 6.07) is 7.97. The highest BCUT2D eigenvalue weighted by atomic mass is 35.5. The Kier molecular flexibility index (Phi) is 5.96. The number of hydrogen-bond donors (Lipinski definition) is 2. The van der Waals surface area contributed by atoms with Crippen molar-refractivity contribution in [3.8, 4) is 11.3 Å². The largest absolute Gasteiger partial charge is 0.348 e. The highest BCUT2D eigenvalue weighted by molar-refractivity contribution is 6.07. The summed E-state index contributed by atoms with van der Waals surface area (Å²) in [6.45, 7) is 4.82. The molecule has 1 aliphatic heterocycles. The van der Waals surface area contributed by atoms with Gasteiger partial charge in [-0.15, -0.1) is 12.4 Å². The number of halogens is 2. The monoisotopic (exact) mass is 404 g/mol. The third-order valence-corrected chi connectivity index (χ3v) is 5.08. The van der Waals surface area contributed by atoms with Crippen molar-refractivity contribution in [1.82, 2.24) is 20.8 Å². The van der Waals surface area contributed by atoms with E-state index in [0.717, 1.165) is 19.4 Å². The number of piperidine rings is 1. The summed E-state index contributed by atoms with van der Waals surface area (Å²) in [6.07, 6.45) is 1.95. The third kappa shape index (κ3) is 3.86. The van der Waals surface area contributed by atoms with Crippen molar-refractivity contribution in [2.75, 3.05) is 6.54 Å². The maximum Gasteiger partial charge on any atom is 0.259 e. The second-order valence-electron chi connectivity index (χ2n) is 6.98. The highest BCUT2D eigenvalue weighted by Crippen LogP contribution is 2.27. The van der Waals surface area contributed by atoms with Gasteiger partial charge in [0.15, 0.2) is 0 Å². The second-order valence-corrected chi connectivity index (χ2v) is 6.98. The number of pyridine rings is 1. The molecule has 1 aromatic carbocycles. The number of nitrogens with one attached hydrogen (secondary N) is 2. The first-order valence-electron chi connectivity index (χ1n) is 9.10. The molecule has 4 rings (SSSR count). The first kappa shape index (κ1) is 20.2. The Balaban J connectivity index is 0.00000225. The molecule has 2 N–H and O–H groups in total. The molecule has 6 nitrogen and oxygen atoms in total. The standard InChI is InChI=1S/C20H21FN4O2.ClH/c1-11-16(4-3-9-22-11)23-19(26)15-10-17(13-5-7-14(21)8-6-13)24-20-18(15)12(2)25-27-20;/h5-8,10-11,16,22H,3-4,9H2,1-2H3,(H,23,26);1H.